The van der Waals surface area contributed by atoms with Crippen LogP contribution in [0.3, 0.4) is 0 Å². The molecule has 2 aliphatic rings. The summed E-state index contributed by atoms with van der Waals surface area (Å²) in [4.78, 5) is 14.8. The first-order chi connectivity index (χ1) is 10.1. The Labute approximate surface area is 139 Å². The first-order valence-electron chi connectivity index (χ1n) is 7.64. The van der Waals surface area contributed by atoms with Crippen molar-refractivity contribution < 1.29 is 4.79 Å². The van der Waals surface area contributed by atoms with E-state index in [0.29, 0.717) is 22.7 Å². The van der Waals surface area contributed by atoms with Crippen LogP contribution in [0.25, 0.3) is 0 Å². The summed E-state index contributed by atoms with van der Waals surface area (Å²) >= 11 is 9.49. The molecule has 1 saturated carbocycles. The van der Waals surface area contributed by atoms with Gasteiger partial charge in [-0.1, -0.05) is 18.0 Å². The van der Waals surface area contributed by atoms with Gasteiger partial charge >= 0.3 is 0 Å². The van der Waals surface area contributed by atoms with Gasteiger partial charge in [-0.3, -0.25) is 4.79 Å². The summed E-state index contributed by atoms with van der Waals surface area (Å²) in [5, 5.41) is 4.12. The molecule has 5 heteroatoms. The second-order valence-electron chi connectivity index (χ2n) is 5.96. The van der Waals surface area contributed by atoms with E-state index >= 15 is 0 Å². The molecule has 1 amide bonds. The first-order valence-corrected chi connectivity index (χ1v) is 8.81. The van der Waals surface area contributed by atoms with Crippen molar-refractivity contribution in [1.29, 1.82) is 0 Å². The Bertz CT molecular complexity index is 527. The number of nitrogens with zero attached hydrogens (tertiary/aromatic N) is 1. The number of benzene rings is 1. The van der Waals surface area contributed by atoms with Gasteiger partial charge in [0.1, 0.15) is 0 Å². The van der Waals surface area contributed by atoms with Crippen LogP contribution in [0.4, 0.5) is 0 Å². The molecule has 1 unspecified atom stereocenters. The van der Waals surface area contributed by atoms with Crippen LogP contribution in [0.1, 0.15) is 42.5 Å². The molecule has 1 heterocycles. The number of hydrogen-bond donors (Lipinski definition) is 1. The lowest BCUT2D eigenvalue weighted by Gasteiger charge is -2.31. The van der Waals surface area contributed by atoms with Crippen LogP contribution in [-0.2, 0) is 0 Å². The number of rotatable bonds is 4. The molecule has 1 N–H and O–H groups in total. The Kier molecular flexibility index (Phi) is 4.87. The number of hydrogen-bond acceptors (Lipinski definition) is 2. The smallest absolute Gasteiger partial charge is 0.254 e. The SMILES string of the molecule is O=C(c1ccc(Br)c(Cl)c1)N(CC1CCCCN1)C1CC1. The average molecular weight is 372 g/mol. The number of amides is 1. The molecule has 3 nitrogen and oxygen atoms in total. The number of carbonyl (C=O) groups excluding carboxylic acids is 1. The van der Waals surface area contributed by atoms with E-state index in [9.17, 15) is 4.79 Å². The van der Waals surface area contributed by atoms with Crippen molar-refractivity contribution in [2.45, 2.75) is 44.2 Å². The Morgan fingerprint density at radius 2 is 2.14 bits per heavy atom. The van der Waals surface area contributed by atoms with E-state index in [1.165, 1.54) is 12.8 Å². The molecule has 1 aliphatic heterocycles. The molecule has 114 valence electrons. The zero-order valence-corrected chi connectivity index (χ0v) is 14.3. The van der Waals surface area contributed by atoms with Gasteiger partial charge in [0.15, 0.2) is 0 Å². The Hall–Kier alpha value is -0.580. The molecule has 0 bridgehead atoms. The minimum absolute atomic E-state index is 0.110. The van der Waals surface area contributed by atoms with E-state index in [4.69, 9.17) is 11.6 Å². The van der Waals surface area contributed by atoms with Crippen molar-refractivity contribution >= 4 is 33.4 Å². The van der Waals surface area contributed by atoms with Gasteiger partial charge in [-0.2, -0.15) is 0 Å². The highest BCUT2D eigenvalue weighted by Crippen LogP contribution is 2.30. The summed E-state index contributed by atoms with van der Waals surface area (Å²) in [6.07, 6.45) is 5.92. The zero-order valence-electron chi connectivity index (χ0n) is 11.9. The van der Waals surface area contributed by atoms with Crippen LogP contribution in [-0.4, -0.2) is 36.0 Å². The van der Waals surface area contributed by atoms with Crippen molar-refractivity contribution in [3.63, 3.8) is 0 Å². The minimum Gasteiger partial charge on any atom is -0.334 e. The van der Waals surface area contributed by atoms with Gasteiger partial charge in [-0.25, -0.2) is 0 Å². The van der Waals surface area contributed by atoms with Crippen molar-refractivity contribution in [1.82, 2.24) is 10.2 Å². The average Bonchev–Trinajstić information content (AvgIpc) is 3.33. The predicted octanol–water partition coefficient (Wildman–Crippen LogP) is 3.85. The van der Waals surface area contributed by atoms with Crippen molar-refractivity contribution in [2.75, 3.05) is 13.1 Å². The van der Waals surface area contributed by atoms with Crippen LogP contribution in [0.2, 0.25) is 5.02 Å². The van der Waals surface area contributed by atoms with Crippen molar-refractivity contribution in [2.24, 2.45) is 0 Å². The standard InChI is InChI=1S/C16H20BrClN2O/c17-14-7-4-11(9-15(14)18)16(21)20(13-5-6-13)10-12-3-1-2-8-19-12/h4,7,9,12-13,19H,1-3,5-6,8,10H2. The molecule has 1 aliphatic carbocycles. The van der Waals surface area contributed by atoms with Crippen molar-refractivity contribution in [3.05, 3.63) is 33.3 Å². The monoisotopic (exact) mass is 370 g/mol. The van der Waals surface area contributed by atoms with Crippen molar-refractivity contribution in [3.8, 4) is 0 Å². The number of halogens is 2. The number of nitrogens with one attached hydrogen (secondary N) is 1. The fourth-order valence-electron chi connectivity index (χ4n) is 2.90. The third-order valence-electron chi connectivity index (χ3n) is 4.24. The Morgan fingerprint density at radius 1 is 1.33 bits per heavy atom. The minimum atomic E-state index is 0.110. The molecule has 0 radical (unpaired) electrons. The fraction of sp³-hybridized carbons (Fsp3) is 0.562. The summed E-state index contributed by atoms with van der Waals surface area (Å²) in [5.41, 5.74) is 0.686. The molecule has 1 aromatic rings. The second kappa shape index (κ2) is 6.67. The summed E-state index contributed by atoms with van der Waals surface area (Å²) < 4.78 is 0.827. The summed E-state index contributed by atoms with van der Waals surface area (Å²) in [7, 11) is 0. The Balaban J connectivity index is 1.73. The summed E-state index contributed by atoms with van der Waals surface area (Å²) in [6, 6.07) is 6.32. The zero-order chi connectivity index (χ0) is 14.8. The van der Waals surface area contributed by atoms with Gasteiger partial charge in [-0.15, -0.1) is 0 Å². The van der Waals surface area contributed by atoms with Crippen LogP contribution in [0, 0.1) is 0 Å². The topological polar surface area (TPSA) is 32.3 Å². The molecule has 0 aromatic heterocycles. The molecular weight excluding hydrogens is 352 g/mol. The molecule has 1 atom stereocenters. The van der Waals surface area contributed by atoms with Gasteiger partial charge < -0.3 is 10.2 Å². The lowest BCUT2D eigenvalue weighted by Crippen LogP contribution is -2.46. The molecule has 1 aromatic carbocycles. The highest BCUT2D eigenvalue weighted by molar-refractivity contribution is 9.10. The van der Waals surface area contributed by atoms with E-state index < -0.39 is 0 Å². The third-order valence-corrected chi connectivity index (χ3v) is 5.48. The maximum Gasteiger partial charge on any atom is 0.254 e. The largest absolute Gasteiger partial charge is 0.334 e. The molecule has 21 heavy (non-hydrogen) atoms. The van der Waals surface area contributed by atoms with E-state index in [2.05, 4.69) is 21.2 Å². The molecule has 3 rings (SSSR count). The van der Waals surface area contributed by atoms with Crippen LogP contribution in [0.15, 0.2) is 22.7 Å². The maximum absolute atomic E-state index is 12.8. The maximum atomic E-state index is 12.8. The fourth-order valence-corrected chi connectivity index (χ4v) is 3.32. The second-order valence-corrected chi connectivity index (χ2v) is 7.23. The lowest BCUT2D eigenvalue weighted by atomic mass is 10.0. The molecule has 2 fully saturated rings. The third kappa shape index (κ3) is 3.79. The molecular formula is C16H20BrClN2O. The van der Waals surface area contributed by atoms with Gasteiger partial charge in [0.25, 0.3) is 5.91 Å². The predicted molar refractivity (Wildman–Crippen MR) is 88.9 cm³/mol. The quantitative estimate of drug-likeness (QED) is 0.872. The number of piperidine rings is 1. The van der Waals surface area contributed by atoms with Gasteiger partial charge in [0.05, 0.1) is 5.02 Å². The molecule has 1 saturated heterocycles. The first kappa shape index (κ1) is 15.3. The highest BCUT2D eigenvalue weighted by atomic mass is 79.9. The number of carbonyl (C=O) groups is 1. The molecule has 0 spiro atoms. The normalized spacial score (nSPS) is 22.1. The Morgan fingerprint density at radius 3 is 2.76 bits per heavy atom. The van der Waals surface area contributed by atoms with E-state index in [1.807, 2.05) is 17.0 Å². The van der Waals surface area contributed by atoms with Gasteiger partial charge in [-0.05, 0) is 66.4 Å². The highest BCUT2D eigenvalue weighted by Gasteiger charge is 2.34. The lowest BCUT2D eigenvalue weighted by molar-refractivity contribution is 0.0718. The van der Waals surface area contributed by atoms with Gasteiger partial charge in [0, 0.05) is 28.7 Å². The van der Waals surface area contributed by atoms with E-state index in [-0.39, 0.29) is 5.91 Å². The van der Waals surface area contributed by atoms with E-state index in [1.54, 1.807) is 6.07 Å². The van der Waals surface area contributed by atoms with Gasteiger partial charge in [0.2, 0.25) is 0 Å². The van der Waals surface area contributed by atoms with Crippen LogP contribution < -0.4 is 5.32 Å². The van der Waals surface area contributed by atoms with Crippen LogP contribution in [0.5, 0.6) is 0 Å². The summed E-state index contributed by atoms with van der Waals surface area (Å²) in [5.74, 6) is 0.110. The van der Waals surface area contributed by atoms with Crippen LogP contribution >= 0.6 is 27.5 Å². The van der Waals surface area contributed by atoms with E-state index in [0.717, 1.165) is 36.8 Å². The summed E-state index contributed by atoms with van der Waals surface area (Å²) in [6.45, 7) is 1.89.